The van der Waals surface area contributed by atoms with Gasteiger partial charge in [-0.25, -0.2) is 0 Å². The van der Waals surface area contributed by atoms with Crippen molar-refractivity contribution in [2.24, 2.45) is 11.8 Å². The first-order valence-corrected chi connectivity index (χ1v) is 5.20. The lowest BCUT2D eigenvalue weighted by atomic mass is 9.88. The lowest BCUT2D eigenvalue weighted by Gasteiger charge is -2.40. The molecule has 4 heteroatoms. The molecule has 0 saturated carbocycles. The van der Waals surface area contributed by atoms with E-state index < -0.39 is 11.7 Å². The van der Waals surface area contributed by atoms with Crippen molar-refractivity contribution in [1.82, 2.24) is 0 Å². The van der Waals surface area contributed by atoms with Crippen LogP contribution in [-0.2, 0) is 19.0 Å². The van der Waals surface area contributed by atoms with E-state index in [2.05, 4.69) is 0 Å². The van der Waals surface area contributed by atoms with E-state index in [4.69, 9.17) is 14.2 Å². The van der Waals surface area contributed by atoms with Gasteiger partial charge in [-0.15, -0.1) is 0 Å². The molecule has 1 fully saturated rings. The molecule has 1 aliphatic carbocycles. The molecule has 0 bridgehead atoms. The standard InChI is InChI=1S/C11H16O4/c1-13-10(12)9-6-5-8-4-3-7-15-11(8,9)14-2/h5-6,8-9H,3-4,7H2,1-2H3/t8-,9-,11-/m0/s1. The van der Waals surface area contributed by atoms with Gasteiger partial charge in [0.05, 0.1) is 13.7 Å². The highest BCUT2D eigenvalue weighted by Gasteiger charge is 2.54. The summed E-state index contributed by atoms with van der Waals surface area (Å²) in [6.45, 7) is 0.638. The number of hydrogen-bond donors (Lipinski definition) is 0. The SMILES string of the molecule is COC(=O)[C@@H]1C=C[C@@H]2CCCO[C@@]21OC. The van der Waals surface area contributed by atoms with E-state index in [-0.39, 0.29) is 11.9 Å². The van der Waals surface area contributed by atoms with Crippen LogP contribution in [0.3, 0.4) is 0 Å². The molecule has 2 rings (SSSR count). The molecule has 1 saturated heterocycles. The molecular weight excluding hydrogens is 196 g/mol. The van der Waals surface area contributed by atoms with Gasteiger partial charge in [0, 0.05) is 13.0 Å². The Hall–Kier alpha value is -0.870. The highest BCUT2D eigenvalue weighted by molar-refractivity contribution is 5.76. The summed E-state index contributed by atoms with van der Waals surface area (Å²) in [5, 5.41) is 0. The van der Waals surface area contributed by atoms with Gasteiger partial charge < -0.3 is 14.2 Å². The Morgan fingerprint density at radius 1 is 1.47 bits per heavy atom. The first-order valence-electron chi connectivity index (χ1n) is 5.20. The fourth-order valence-corrected chi connectivity index (χ4v) is 2.48. The van der Waals surface area contributed by atoms with E-state index in [1.165, 1.54) is 7.11 Å². The Kier molecular flexibility index (Phi) is 2.80. The van der Waals surface area contributed by atoms with Gasteiger partial charge in [0.1, 0.15) is 5.92 Å². The zero-order chi connectivity index (χ0) is 10.9. The summed E-state index contributed by atoms with van der Waals surface area (Å²) in [6.07, 6.45) is 5.85. The topological polar surface area (TPSA) is 44.8 Å². The van der Waals surface area contributed by atoms with E-state index >= 15 is 0 Å². The third kappa shape index (κ3) is 1.48. The summed E-state index contributed by atoms with van der Waals surface area (Å²) in [6, 6.07) is 0. The van der Waals surface area contributed by atoms with Crippen LogP contribution in [0.5, 0.6) is 0 Å². The average molecular weight is 212 g/mol. The molecule has 0 spiro atoms. The maximum Gasteiger partial charge on any atom is 0.318 e. The van der Waals surface area contributed by atoms with Gasteiger partial charge in [-0.3, -0.25) is 4.79 Å². The predicted octanol–water partition coefficient (Wildman–Crippen LogP) is 1.11. The van der Waals surface area contributed by atoms with Crippen LogP contribution in [0.4, 0.5) is 0 Å². The summed E-state index contributed by atoms with van der Waals surface area (Å²) in [4.78, 5) is 11.6. The minimum absolute atomic E-state index is 0.167. The van der Waals surface area contributed by atoms with Crippen molar-refractivity contribution in [3.05, 3.63) is 12.2 Å². The van der Waals surface area contributed by atoms with E-state index in [1.807, 2.05) is 12.2 Å². The first-order chi connectivity index (χ1) is 7.24. The Labute approximate surface area is 89.2 Å². The van der Waals surface area contributed by atoms with Crippen molar-refractivity contribution in [2.45, 2.75) is 18.6 Å². The molecule has 0 unspecified atom stereocenters. The summed E-state index contributed by atoms with van der Waals surface area (Å²) in [5.41, 5.74) is 0. The van der Waals surface area contributed by atoms with E-state index in [0.29, 0.717) is 6.61 Å². The van der Waals surface area contributed by atoms with E-state index in [9.17, 15) is 4.79 Å². The largest absolute Gasteiger partial charge is 0.468 e. The van der Waals surface area contributed by atoms with E-state index in [0.717, 1.165) is 12.8 Å². The smallest absolute Gasteiger partial charge is 0.318 e. The molecule has 2 aliphatic rings. The van der Waals surface area contributed by atoms with Gasteiger partial charge in [0.25, 0.3) is 0 Å². The zero-order valence-corrected chi connectivity index (χ0v) is 9.06. The van der Waals surface area contributed by atoms with Crippen LogP contribution in [0.15, 0.2) is 12.2 Å². The van der Waals surface area contributed by atoms with Crippen molar-refractivity contribution < 1.29 is 19.0 Å². The summed E-state index contributed by atoms with van der Waals surface area (Å²) < 4.78 is 15.9. The zero-order valence-electron chi connectivity index (χ0n) is 9.06. The van der Waals surface area contributed by atoms with Crippen LogP contribution in [0.25, 0.3) is 0 Å². The number of carbonyl (C=O) groups excluding carboxylic acids is 1. The molecular formula is C11H16O4. The second-order valence-corrected chi connectivity index (χ2v) is 3.91. The molecule has 84 valence electrons. The molecule has 15 heavy (non-hydrogen) atoms. The predicted molar refractivity (Wildman–Crippen MR) is 53.1 cm³/mol. The summed E-state index contributed by atoms with van der Waals surface area (Å²) in [5.74, 6) is -1.37. The number of methoxy groups -OCH3 is 2. The molecule has 0 radical (unpaired) electrons. The van der Waals surface area contributed by atoms with Crippen LogP contribution in [0.1, 0.15) is 12.8 Å². The molecule has 0 N–H and O–H groups in total. The van der Waals surface area contributed by atoms with Crippen molar-refractivity contribution in [2.75, 3.05) is 20.8 Å². The number of rotatable bonds is 2. The minimum Gasteiger partial charge on any atom is -0.468 e. The average Bonchev–Trinajstić information content (AvgIpc) is 2.67. The van der Waals surface area contributed by atoms with E-state index in [1.54, 1.807) is 7.11 Å². The lowest BCUT2D eigenvalue weighted by molar-refractivity contribution is -0.276. The maximum absolute atomic E-state index is 11.6. The fraction of sp³-hybridized carbons (Fsp3) is 0.727. The van der Waals surface area contributed by atoms with Gasteiger partial charge >= 0.3 is 5.97 Å². The van der Waals surface area contributed by atoms with Crippen molar-refractivity contribution >= 4 is 5.97 Å². The van der Waals surface area contributed by atoms with Gasteiger partial charge in [-0.1, -0.05) is 12.2 Å². The molecule has 0 aromatic rings. The van der Waals surface area contributed by atoms with Crippen LogP contribution in [0, 0.1) is 11.8 Å². The Balaban J connectivity index is 2.25. The van der Waals surface area contributed by atoms with Crippen molar-refractivity contribution in [1.29, 1.82) is 0 Å². The number of esters is 1. The molecule has 0 aromatic heterocycles. The second kappa shape index (κ2) is 3.94. The Morgan fingerprint density at radius 3 is 2.93 bits per heavy atom. The molecule has 1 heterocycles. The maximum atomic E-state index is 11.6. The second-order valence-electron chi connectivity index (χ2n) is 3.91. The summed E-state index contributed by atoms with van der Waals surface area (Å²) >= 11 is 0. The summed E-state index contributed by atoms with van der Waals surface area (Å²) in [7, 11) is 2.97. The normalized spacial score (nSPS) is 38.8. The number of hydrogen-bond acceptors (Lipinski definition) is 4. The fourth-order valence-electron chi connectivity index (χ4n) is 2.48. The highest BCUT2D eigenvalue weighted by Crippen LogP contribution is 2.44. The first kappa shape index (κ1) is 10.6. The molecule has 0 aromatic carbocycles. The molecule has 4 nitrogen and oxygen atoms in total. The quantitative estimate of drug-likeness (QED) is 0.508. The van der Waals surface area contributed by atoms with Crippen LogP contribution in [0.2, 0.25) is 0 Å². The van der Waals surface area contributed by atoms with Gasteiger partial charge in [0.2, 0.25) is 0 Å². The Bertz CT molecular complexity index is 286. The molecule has 1 aliphatic heterocycles. The molecule has 0 amide bonds. The monoisotopic (exact) mass is 212 g/mol. The van der Waals surface area contributed by atoms with Crippen LogP contribution >= 0.6 is 0 Å². The number of ether oxygens (including phenoxy) is 3. The minimum atomic E-state index is -0.814. The van der Waals surface area contributed by atoms with Crippen molar-refractivity contribution in [3.63, 3.8) is 0 Å². The van der Waals surface area contributed by atoms with Crippen molar-refractivity contribution in [3.8, 4) is 0 Å². The van der Waals surface area contributed by atoms with Gasteiger partial charge in [-0.2, -0.15) is 0 Å². The lowest BCUT2D eigenvalue weighted by Crippen LogP contribution is -2.50. The molecule has 3 atom stereocenters. The Morgan fingerprint density at radius 2 is 2.27 bits per heavy atom. The van der Waals surface area contributed by atoms with Crippen LogP contribution < -0.4 is 0 Å². The van der Waals surface area contributed by atoms with Gasteiger partial charge in [0.15, 0.2) is 5.79 Å². The third-order valence-electron chi connectivity index (χ3n) is 3.25. The number of carbonyl (C=O) groups is 1. The third-order valence-corrected chi connectivity index (χ3v) is 3.25. The number of fused-ring (bicyclic) bond motifs is 1. The van der Waals surface area contributed by atoms with Crippen LogP contribution in [-0.4, -0.2) is 32.6 Å². The van der Waals surface area contributed by atoms with Gasteiger partial charge in [-0.05, 0) is 12.8 Å². The highest BCUT2D eigenvalue weighted by atomic mass is 16.7.